The first kappa shape index (κ1) is 13.3. The van der Waals surface area contributed by atoms with Gasteiger partial charge >= 0.3 is 0 Å². The number of ether oxygens (including phenoxy) is 1. The zero-order valence-corrected chi connectivity index (χ0v) is 10.5. The summed E-state index contributed by atoms with van der Waals surface area (Å²) in [5, 5.41) is 0.248. The predicted molar refractivity (Wildman–Crippen MR) is 64.4 cm³/mol. The van der Waals surface area contributed by atoms with Crippen LogP contribution in [-0.4, -0.2) is 27.4 Å². The largest absolute Gasteiger partial charge is 0.398 e. The first-order valence-electron chi connectivity index (χ1n) is 4.83. The Balaban J connectivity index is 2.86. The number of rotatable bonds is 5. The number of nitrogens with two attached hydrogens (primary N) is 1. The lowest BCUT2D eigenvalue weighted by Crippen LogP contribution is -2.12. The summed E-state index contributed by atoms with van der Waals surface area (Å²) in [6.45, 7) is 2.49. The smallest absolute Gasteiger partial charge is 0.180 e. The van der Waals surface area contributed by atoms with Crippen LogP contribution in [0.25, 0.3) is 0 Å². The van der Waals surface area contributed by atoms with Crippen LogP contribution < -0.4 is 5.73 Å². The quantitative estimate of drug-likeness (QED) is 0.649. The Morgan fingerprint density at radius 2 is 2.12 bits per heavy atom. The second-order valence-electron chi connectivity index (χ2n) is 3.20. The van der Waals surface area contributed by atoms with Gasteiger partial charge in [0.2, 0.25) is 0 Å². The molecule has 0 unspecified atom stereocenters. The van der Waals surface area contributed by atoms with E-state index in [2.05, 4.69) is 0 Å². The molecule has 90 valence electrons. The van der Waals surface area contributed by atoms with Gasteiger partial charge in [-0.1, -0.05) is 11.6 Å². The van der Waals surface area contributed by atoms with E-state index in [1.807, 2.05) is 6.92 Å². The highest BCUT2D eigenvalue weighted by molar-refractivity contribution is 7.91. The van der Waals surface area contributed by atoms with Crippen molar-refractivity contribution in [1.82, 2.24) is 0 Å². The van der Waals surface area contributed by atoms with E-state index in [4.69, 9.17) is 22.1 Å². The molecule has 16 heavy (non-hydrogen) atoms. The minimum absolute atomic E-state index is 0.0545. The van der Waals surface area contributed by atoms with Crippen molar-refractivity contribution in [2.75, 3.05) is 24.7 Å². The SMILES string of the molecule is CCOCCS(=O)(=O)c1ccc(N)c(Cl)c1. The first-order valence-corrected chi connectivity index (χ1v) is 6.86. The Labute approximate surface area is 100 Å². The van der Waals surface area contributed by atoms with Gasteiger partial charge < -0.3 is 10.5 Å². The summed E-state index contributed by atoms with van der Waals surface area (Å²) in [4.78, 5) is 0.173. The minimum atomic E-state index is -3.34. The van der Waals surface area contributed by atoms with Crippen LogP contribution in [0.15, 0.2) is 23.1 Å². The molecule has 1 rings (SSSR count). The molecule has 0 heterocycles. The zero-order chi connectivity index (χ0) is 12.2. The third kappa shape index (κ3) is 3.37. The van der Waals surface area contributed by atoms with E-state index in [1.165, 1.54) is 18.2 Å². The molecule has 4 nitrogen and oxygen atoms in total. The molecule has 0 bridgehead atoms. The molecule has 2 N–H and O–H groups in total. The van der Waals surface area contributed by atoms with Crippen LogP contribution in [0, 0.1) is 0 Å². The molecule has 0 saturated carbocycles. The summed E-state index contributed by atoms with van der Waals surface area (Å²) in [7, 11) is -3.34. The molecule has 0 fully saturated rings. The summed E-state index contributed by atoms with van der Waals surface area (Å²) >= 11 is 5.76. The normalized spacial score (nSPS) is 11.6. The van der Waals surface area contributed by atoms with Crippen LogP contribution in [0.3, 0.4) is 0 Å². The van der Waals surface area contributed by atoms with Crippen LogP contribution in [-0.2, 0) is 14.6 Å². The lowest BCUT2D eigenvalue weighted by molar-refractivity contribution is 0.163. The average Bonchev–Trinajstić information content (AvgIpc) is 2.22. The molecule has 0 aliphatic rings. The van der Waals surface area contributed by atoms with Crippen molar-refractivity contribution in [2.45, 2.75) is 11.8 Å². The molecule has 1 aromatic rings. The number of hydrogen-bond donors (Lipinski definition) is 1. The highest BCUT2D eigenvalue weighted by atomic mass is 35.5. The van der Waals surface area contributed by atoms with Gasteiger partial charge in [0.25, 0.3) is 0 Å². The van der Waals surface area contributed by atoms with Gasteiger partial charge in [-0.15, -0.1) is 0 Å². The molecule has 0 saturated heterocycles. The van der Waals surface area contributed by atoms with Crippen molar-refractivity contribution in [2.24, 2.45) is 0 Å². The van der Waals surface area contributed by atoms with Crippen LogP contribution >= 0.6 is 11.6 Å². The molecule has 0 radical (unpaired) electrons. The maximum Gasteiger partial charge on any atom is 0.180 e. The Kier molecular flexibility index (Phi) is 4.58. The van der Waals surface area contributed by atoms with Gasteiger partial charge in [-0.2, -0.15) is 0 Å². The van der Waals surface area contributed by atoms with Gasteiger partial charge in [0.05, 0.1) is 28.0 Å². The third-order valence-corrected chi connectivity index (χ3v) is 4.04. The van der Waals surface area contributed by atoms with Gasteiger partial charge in [-0.25, -0.2) is 8.42 Å². The van der Waals surface area contributed by atoms with Gasteiger partial charge in [0, 0.05) is 6.61 Å². The van der Waals surface area contributed by atoms with E-state index in [-0.39, 0.29) is 22.3 Å². The fourth-order valence-corrected chi connectivity index (χ4v) is 2.52. The van der Waals surface area contributed by atoms with Crippen molar-refractivity contribution in [3.63, 3.8) is 0 Å². The summed E-state index contributed by atoms with van der Waals surface area (Å²) in [5.41, 5.74) is 5.87. The molecule has 0 spiro atoms. The molecule has 0 amide bonds. The fourth-order valence-electron chi connectivity index (χ4n) is 1.13. The van der Waals surface area contributed by atoms with Gasteiger partial charge in [-0.05, 0) is 25.1 Å². The van der Waals surface area contributed by atoms with Crippen LogP contribution in [0.1, 0.15) is 6.92 Å². The van der Waals surface area contributed by atoms with Crippen LogP contribution in [0.2, 0.25) is 5.02 Å². The molecular formula is C10H14ClNO3S. The second-order valence-corrected chi connectivity index (χ2v) is 5.72. The standard InChI is InChI=1S/C10H14ClNO3S/c1-2-15-5-6-16(13,14)8-3-4-10(12)9(11)7-8/h3-4,7H,2,5-6,12H2,1H3. The predicted octanol–water partition coefficient (Wildman–Crippen LogP) is 1.73. The van der Waals surface area contributed by atoms with E-state index in [0.717, 1.165) is 0 Å². The third-order valence-electron chi connectivity index (χ3n) is 2.03. The number of anilines is 1. The number of sulfone groups is 1. The summed E-state index contributed by atoms with van der Waals surface area (Å²) in [6.07, 6.45) is 0. The Morgan fingerprint density at radius 3 is 2.69 bits per heavy atom. The van der Waals surface area contributed by atoms with Gasteiger partial charge in [0.1, 0.15) is 0 Å². The van der Waals surface area contributed by atoms with Crippen molar-refractivity contribution in [3.05, 3.63) is 23.2 Å². The Hall–Kier alpha value is -0.780. The first-order chi connectivity index (χ1) is 7.47. The zero-order valence-electron chi connectivity index (χ0n) is 8.94. The Bertz CT molecular complexity index is 459. The van der Waals surface area contributed by atoms with Crippen molar-refractivity contribution in [1.29, 1.82) is 0 Å². The second kappa shape index (κ2) is 5.52. The van der Waals surface area contributed by atoms with Gasteiger partial charge in [-0.3, -0.25) is 0 Å². The summed E-state index contributed by atoms with van der Waals surface area (Å²) in [6, 6.07) is 4.29. The highest BCUT2D eigenvalue weighted by Crippen LogP contribution is 2.23. The maximum absolute atomic E-state index is 11.8. The van der Waals surface area contributed by atoms with Crippen LogP contribution in [0.4, 0.5) is 5.69 Å². The number of hydrogen-bond acceptors (Lipinski definition) is 4. The molecule has 0 atom stereocenters. The van der Waals surface area contributed by atoms with E-state index >= 15 is 0 Å². The highest BCUT2D eigenvalue weighted by Gasteiger charge is 2.15. The lowest BCUT2D eigenvalue weighted by atomic mass is 10.3. The fraction of sp³-hybridized carbons (Fsp3) is 0.400. The molecule has 1 aromatic carbocycles. The van der Waals surface area contributed by atoms with E-state index in [1.54, 1.807) is 0 Å². The Morgan fingerprint density at radius 1 is 1.44 bits per heavy atom. The van der Waals surface area contributed by atoms with E-state index in [9.17, 15) is 8.42 Å². The van der Waals surface area contributed by atoms with Crippen LogP contribution in [0.5, 0.6) is 0 Å². The summed E-state index contributed by atoms with van der Waals surface area (Å²) < 4.78 is 28.6. The molecule has 0 aliphatic carbocycles. The number of halogens is 1. The average molecular weight is 264 g/mol. The monoisotopic (exact) mass is 263 g/mol. The van der Waals surface area contributed by atoms with Gasteiger partial charge in [0.15, 0.2) is 9.84 Å². The van der Waals surface area contributed by atoms with E-state index in [0.29, 0.717) is 12.3 Å². The number of benzene rings is 1. The minimum Gasteiger partial charge on any atom is -0.398 e. The lowest BCUT2D eigenvalue weighted by Gasteiger charge is -2.06. The van der Waals surface area contributed by atoms with Crippen molar-refractivity contribution in [3.8, 4) is 0 Å². The van der Waals surface area contributed by atoms with E-state index < -0.39 is 9.84 Å². The topological polar surface area (TPSA) is 69.4 Å². The molecule has 6 heteroatoms. The number of nitrogen functional groups attached to an aromatic ring is 1. The molecule has 0 aliphatic heterocycles. The molecule has 0 aromatic heterocycles. The van der Waals surface area contributed by atoms with Crippen molar-refractivity contribution >= 4 is 27.1 Å². The molecular weight excluding hydrogens is 250 g/mol. The van der Waals surface area contributed by atoms with Crippen molar-refractivity contribution < 1.29 is 13.2 Å². The summed E-state index contributed by atoms with van der Waals surface area (Å²) in [5.74, 6) is -0.0545. The maximum atomic E-state index is 11.8.